The van der Waals surface area contributed by atoms with Crippen LogP contribution in [0.2, 0.25) is 0 Å². The van der Waals surface area contributed by atoms with Crippen molar-refractivity contribution in [1.29, 1.82) is 0 Å². The number of aliphatic carboxylic acids is 1. The third-order valence-corrected chi connectivity index (χ3v) is 4.47. The monoisotopic (exact) mass is 294 g/mol. The normalized spacial score (nSPS) is 30.3. The first kappa shape index (κ1) is 13.8. The van der Waals surface area contributed by atoms with Gasteiger partial charge in [-0.1, -0.05) is 5.16 Å². The van der Waals surface area contributed by atoms with Crippen molar-refractivity contribution in [2.45, 2.75) is 38.8 Å². The molecule has 4 atom stereocenters. The van der Waals surface area contributed by atoms with Crippen molar-refractivity contribution in [2.24, 2.45) is 17.8 Å². The first-order valence-corrected chi connectivity index (χ1v) is 7.11. The molecule has 2 fully saturated rings. The van der Waals surface area contributed by atoms with E-state index in [-0.39, 0.29) is 24.4 Å². The van der Waals surface area contributed by atoms with Gasteiger partial charge in [-0.2, -0.15) is 4.98 Å². The summed E-state index contributed by atoms with van der Waals surface area (Å²) in [5, 5.41) is 18.4. The highest BCUT2D eigenvalue weighted by Crippen LogP contribution is 2.48. The fourth-order valence-corrected chi connectivity index (χ4v) is 3.62. The van der Waals surface area contributed by atoms with Crippen LogP contribution in [0.5, 0.6) is 0 Å². The number of carbonyl (C=O) groups is 2. The zero-order valence-corrected chi connectivity index (χ0v) is 11.7. The second-order valence-electron chi connectivity index (χ2n) is 5.79. The molecule has 0 aliphatic heterocycles. The van der Waals surface area contributed by atoms with Gasteiger partial charge in [-0.3, -0.25) is 4.79 Å². The van der Waals surface area contributed by atoms with E-state index >= 15 is 0 Å². The Morgan fingerprint density at radius 1 is 1.38 bits per heavy atom. The van der Waals surface area contributed by atoms with Crippen LogP contribution >= 0.6 is 0 Å². The molecule has 0 saturated heterocycles. The molecule has 8 heteroatoms. The molecule has 2 bridgehead atoms. The van der Waals surface area contributed by atoms with Gasteiger partial charge < -0.3 is 20.3 Å². The summed E-state index contributed by atoms with van der Waals surface area (Å²) >= 11 is 0. The van der Waals surface area contributed by atoms with Gasteiger partial charge in [-0.25, -0.2) is 4.79 Å². The minimum atomic E-state index is -0.819. The van der Waals surface area contributed by atoms with E-state index in [9.17, 15) is 14.7 Å². The van der Waals surface area contributed by atoms with E-state index in [1.165, 1.54) is 0 Å². The Labute approximate surface area is 121 Å². The van der Waals surface area contributed by atoms with E-state index in [0.717, 1.165) is 19.3 Å². The largest absolute Gasteiger partial charge is 0.481 e. The summed E-state index contributed by atoms with van der Waals surface area (Å²) in [6, 6.07) is -0.680. The molecule has 3 N–H and O–H groups in total. The Bertz CT molecular complexity index is 558. The highest BCUT2D eigenvalue weighted by Gasteiger charge is 2.51. The van der Waals surface area contributed by atoms with E-state index in [0.29, 0.717) is 11.7 Å². The number of carboxylic acid groups (broad SMARTS) is 1. The molecule has 3 rings (SSSR count). The fraction of sp³-hybridized carbons (Fsp3) is 0.692. The van der Waals surface area contributed by atoms with Crippen molar-refractivity contribution < 1.29 is 19.2 Å². The molecule has 0 spiro atoms. The topological polar surface area (TPSA) is 117 Å². The van der Waals surface area contributed by atoms with E-state index in [1.807, 2.05) is 0 Å². The molecule has 114 valence electrons. The summed E-state index contributed by atoms with van der Waals surface area (Å²) < 4.78 is 4.90. The zero-order chi connectivity index (χ0) is 15.0. The van der Waals surface area contributed by atoms with Gasteiger partial charge in [0, 0.05) is 6.04 Å². The van der Waals surface area contributed by atoms with Crippen molar-refractivity contribution in [3.8, 4) is 0 Å². The van der Waals surface area contributed by atoms with Crippen LogP contribution < -0.4 is 10.6 Å². The molecule has 2 amide bonds. The average molecular weight is 294 g/mol. The zero-order valence-electron chi connectivity index (χ0n) is 11.7. The van der Waals surface area contributed by atoms with Crippen LogP contribution in [0.25, 0.3) is 0 Å². The maximum Gasteiger partial charge on any atom is 0.315 e. The molecule has 1 aromatic rings. The second-order valence-corrected chi connectivity index (χ2v) is 5.79. The number of rotatable bonds is 4. The lowest BCUT2D eigenvalue weighted by Gasteiger charge is -2.28. The van der Waals surface area contributed by atoms with Crippen molar-refractivity contribution in [3.63, 3.8) is 0 Å². The number of carbonyl (C=O) groups excluding carboxylic acids is 1. The minimum Gasteiger partial charge on any atom is -0.481 e. The fourth-order valence-electron chi connectivity index (χ4n) is 3.62. The molecule has 2 saturated carbocycles. The number of hydrogen-bond donors (Lipinski definition) is 3. The van der Waals surface area contributed by atoms with Crippen molar-refractivity contribution in [1.82, 2.24) is 20.8 Å². The Balaban J connectivity index is 1.55. The summed E-state index contributed by atoms with van der Waals surface area (Å²) in [5.41, 5.74) is 0. The summed E-state index contributed by atoms with van der Waals surface area (Å²) in [6.07, 6.45) is 2.83. The number of fused-ring (bicyclic) bond motifs is 2. The lowest BCUT2D eigenvalue weighted by Crippen LogP contribution is -2.50. The van der Waals surface area contributed by atoms with Crippen molar-refractivity contribution in [3.05, 3.63) is 11.7 Å². The van der Waals surface area contributed by atoms with Gasteiger partial charge in [0.05, 0.1) is 12.5 Å². The standard InChI is InChI=1S/C13H18N4O4/c1-6-15-9(21-17-6)5-14-13(20)16-11-8-3-2-7(4-8)10(11)12(18)19/h7-8,10-11H,2-5H2,1H3,(H,18,19)(H2,14,16,20). The third-order valence-electron chi connectivity index (χ3n) is 4.47. The number of aromatic nitrogens is 2. The van der Waals surface area contributed by atoms with Gasteiger partial charge in [0.15, 0.2) is 5.82 Å². The van der Waals surface area contributed by atoms with Crippen LogP contribution in [-0.4, -0.2) is 33.3 Å². The number of nitrogens with one attached hydrogen (secondary N) is 2. The smallest absolute Gasteiger partial charge is 0.315 e. The van der Waals surface area contributed by atoms with Crippen LogP contribution in [0.1, 0.15) is 31.0 Å². The number of nitrogens with zero attached hydrogens (tertiary/aromatic N) is 2. The SMILES string of the molecule is Cc1noc(CNC(=O)NC2C3CCC(C3)C2C(=O)O)n1. The molecule has 21 heavy (non-hydrogen) atoms. The molecular formula is C13H18N4O4. The molecule has 0 radical (unpaired) electrons. The maximum atomic E-state index is 11.9. The van der Waals surface area contributed by atoms with Gasteiger partial charge in [0.25, 0.3) is 0 Å². The Hall–Kier alpha value is -2.12. The van der Waals surface area contributed by atoms with E-state index in [2.05, 4.69) is 20.8 Å². The average Bonchev–Trinajstić information content (AvgIpc) is 3.11. The molecule has 0 aromatic carbocycles. The van der Waals surface area contributed by atoms with E-state index in [1.54, 1.807) is 6.92 Å². The van der Waals surface area contributed by atoms with Crippen LogP contribution in [0.15, 0.2) is 4.52 Å². The molecular weight excluding hydrogens is 276 g/mol. The van der Waals surface area contributed by atoms with Gasteiger partial charge in [-0.05, 0) is 38.0 Å². The quantitative estimate of drug-likeness (QED) is 0.751. The van der Waals surface area contributed by atoms with E-state index < -0.39 is 17.9 Å². The maximum absolute atomic E-state index is 11.9. The number of aryl methyl sites for hydroxylation is 1. The molecule has 4 unspecified atom stereocenters. The van der Waals surface area contributed by atoms with Crippen molar-refractivity contribution >= 4 is 12.0 Å². The van der Waals surface area contributed by atoms with Gasteiger partial charge in [0.2, 0.25) is 5.89 Å². The van der Waals surface area contributed by atoms with Gasteiger partial charge >= 0.3 is 12.0 Å². The summed E-state index contributed by atoms with van der Waals surface area (Å²) in [5.74, 6) is 0.000642. The summed E-state index contributed by atoms with van der Waals surface area (Å²) in [4.78, 5) is 27.3. The molecule has 1 heterocycles. The van der Waals surface area contributed by atoms with Crippen LogP contribution in [-0.2, 0) is 11.3 Å². The van der Waals surface area contributed by atoms with Crippen LogP contribution in [0.4, 0.5) is 4.79 Å². The first-order chi connectivity index (χ1) is 10.0. The Kier molecular flexibility index (Phi) is 3.52. The van der Waals surface area contributed by atoms with Gasteiger partial charge in [0.1, 0.15) is 0 Å². The van der Waals surface area contributed by atoms with E-state index in [4.69, 9.17) is 4.52 Å². The molecule has 1 aromatic heterocycles. The molecule has 2 aliphatic rings. The highest BCUT2D eigenvalue weighted by atomic mass is 16.5. The Morgan fingerprint density at radius 2 is 2.14 bits per heavy atom. The number of hydrogen-bond acceptors (Lipinski definition) is 5. The van der Waals surface area contributed by atoms with Gasteiger partial charge in [-0.15, -0.1) is 0 Å². The van der Waals surface area contributed by atoms with Crippen molar-refractivity contribution in [2.75, 3.05) is 0 Å². The first-order valence-electron chi connectivity index (χ1n) is 7.11. The number of urea groups is 1. The molecule has 2 aliphatic carbocycles. The third kappa shape index (κ3) is 2.70. The number of carboxylic acids is 1. The summed E-state index contributed by atoms with van der Waals surface area (Å²) in [6.45, 7) is 1.82. The second kappa shape index (κ2) is 5.34. The highest BCUT2D eigenvalue weighted by molar-refractivity contribution is 5.77. The predicted molar refractivity (Wildman–Crippen MR) is 70.2 cm³/mol. The lowest BCUT2D eigenvalue weighted by molar-refractivity contribution is -0.144. The lowest BCUT2D eigenvalue weighted by atomic mass is 9.84. The predicted octanol–water partition coefficient (Wildman–Crippen LogP) is 0.677. The minimum absolute atomic E-state index is 0.130. The Morgan fingerprint density at radius 3 is 2.81 bits per heavy atom. The van der Waals surface area contributed by atoms with Crippen LogP contribution in [0.3, 0.4) is 0 Å². The summed E-state index contributed by atoms with van der Waals surface area (Å²) in [7, 11) is 0. The molecule has 8 nitrogen and oxygen atoms in total. The van der Waals surface area contributed by atoms with Crippen LogP contribution in [0, 0.1) is 24.7 Å². The number of amides is 2.